The third-order valence-electron chi connectivity index (χ3n) is 5.68. The van der Waals surface area contributed by atoms with E-state index in [0.29, 0.717) is 5.52 Å². The first kappa shape index (κ1) is 32.2. The molecule has 6 atom stereocenters. The molecule has 1 saturated heterocycles. The van der Waals surface area contributed by atoms with Crippen molar-refractivity contribution in [3.63, 3.8) is 0 Å². The molecular weight excluding hydrogens is 567 g/mol. The van der Waals surface area contributed by atoms with Crippen LogP contribution in [-0.2, 0) is 43.0 Å². The van der Waals surface area contributed by atoms with Gasteiger partial charge in [-0.1, -0.05) is 0 Å². The fourth-order valence-corrected chi connectivity index (χ4v) is 5.17. The molecule has 2 aromatic heterocycles. The molecule has 0 amide bonds. The summed E-state index contributed by atoms with van der Waals surface area (Å²) in [6, 6.07) is 3.58. The number of hydrogen-bond acceptors (Lipinski definition) is 15. The Kier molecular flexibility index (Phi) is 10.3. The Balaban J connectivity index is 1.79. The number of nitrogens with two attached hydrogens (primary N) is 1. The molecule has 0 bridgehead atoms. The monoisotopic (exact) mass is 600 g/mol. The van der Waals surface area contributed by atoms with Crippen LogP contribution in [0.25, 0.3) is 5.52 Å². The van der Waals surface area contributed by atoms with Crippen LogP contribution in [0.15, 0.2) is 18.5 Å². The van der Waals surface area contributed by atoms with Crippen molar-refractivity contribution in [2.24, 2.45) is 0 Å². The van der Waals surface area contributed by atoms with Gasteiger partial charge in [-0.25, -0.2) is 23.9 Å². The normalized spacial score (nSPS) is 24.6. The zero-order valence-electron chi connectivity index (χ0n) is 23.0. The molecule has 18 heteroatoms. The van der Waals surface area contributed by atoms with Gasteiger partial charge in [-0.15, -0.1) is 0 Å². The SMILES string of the molecule is CC(C)OC(=O)OCOP(=O)(N[C@@H](C)C(=O)OC(C)C)OC[C@H]1O[C@@](C#N)(c2ccc3c(N)ncnn23)[C@H](O)[C@@H]1O. The minimum Gasteiger partial charge on any atom is -0.462 e. The van der Waals surface area contributed by atoms with Crippen molar-refractivity contribution in [1.29, 1.82) is 5.26 Å². The molecule has 5 N–H and O–H groups in total. The molecule has 17 nitrogen and oxygen atoms in total. The van der Waals surface area contributed by atoms with Gasteiger partial charge in [0.05, 0.1) is 24.5 Å². The van der Waals surface area contributed by atoms with E-state index in [1.807, 2.05) is 6.07 Å². The Labute approximate surface area is 235 Å². The summed E-state index contributed by atoms with van der Waals surface area (Å²) in [5.74, 6) is -0.689. The molecule has 41 heavy (non-hydrogen) atoms. The summed E-state index contributed by atoms with van der Waals surface area (Å²) in [4.78, 5) is 27.9. The second-order valence-electron chi connectivity index (χ2n) is 9.54. The summed E-state index contributed by atoms with van der Waals surface area (Å²) in [5, 5.41) is 38.1. The number of esters is 1. The lowest BCUT2D eigenvalue weighted by Crippen LogP contribution is -2.41. The average molecular weight is 601 g/mol. The molecule has 226 valence electrons. The highest BCUT2D eigenvalue weighted by Crippen LogP contribution is 2.47. The van der Waals surface area contributed by atoms with Gasteiger partial charge in [0.15, 0.2) is 5.82 Å². The maximum Gasteiger partial charge on any atom is 0.510 e. The number of aliphatic hydroxyl groups is 2. The number of fused-ring (bicyclic) bond motifs is 1. The maximum atomic E-state index is 13.5. The molecule has 3 heterocycles. The van der Waals surface area contributed by atoms with Gasteiger partial charge in [-0.2, -0.15) is 10.4 Å². The molecule has 1 fully saturated rings. The van der Waals surface area contributed by atoms with Crippen molar-refractivity contribution in [2.75, 3.05) is 19.1 Å². The zero-order chi connectivity index (χ0) is 30.5. The number of anilines is 1. The van der Waals surface area contributed by atoms with E-state index in [1.54, 1.807) is 27.7 Å². The Morgan fingerprint density at radius 2 is 1.90 bits per heavy atom. The maximum absolute atomic E-state index is 13.5. The Hall–Kier alpha value is -3.36. The number of nitrogen functional groups attached to an aromatic ring is 1. The van der Waals surface area contributed by atoms with E-state index < -0.39 is 75.4 Å². The number of nitriles is 1. The standard InChI is InChI=1S/C23H33N6O11P/c1-12(2)38-21(32)14(5)28-41(34,37-11-35-22(33)39-13(3)4)36-8-16-18(30)19(31)23(9-24,40-16)17-7-6-15-20(25)26-10-27-29(15)17/h6-7,10,12-14,16,18-19,30-31H,8,11H2,1-5H3,(H,28,34)(H2,25,26,27)/t14-,16+,18+,19+,23-,41?/m0/s1. The van der Waals surface area contributed by atoms with Crippen LogP contribution in [0.3, 0.4) is 0 Å². The zero-order valence-corrected chi connectivity index (χ0v) is 23.9. The fraction of sp³-hybridized carbons (Fsp3) is 0.609. The van der Waals surface area contributed by atoms with E-state index >= 15 is 0 Å². The van der Waals surface area contributed by atoms with Crippen LogP contribution in [0.4, 0.5) is 10.6 Å². The molecule has 1 unspecified atom stereocenters. The number of carbonyl (C=O) groups excluding carboxylic acids is 2. The number of hydrogen-bond donors (Lipinski definition) is 4. The predicted octanol–water partition coefficient (Wildman–Crippen LogP) is 0.741. The van der Waals surface area contributed by atoms with E-state index in [9.17, 15) is 29.6 Å². The van der Waals surface area contributed by atoms with Crippen LogP contribution in [0, 0.1) is 11.3 Å². The highest BCUT2D eigenvalue weighted by atomic mass is 31.2. The van der Waals surface area contributed by atoms with Gasteiger partial charge in [0.1, 0.15) is 42.3 Å². The lowest BCUT2D eigenvalue weighted by Gasteiger charge is -2.25. The Morgan fingerprint density at radius 3 is 2.54 bits per heavy atom. The Bertz CT molecular complexity index is 1330. The summed E-state index contributed by atoms with van der Waals surface area (Å²) in [6.45, 7) is 6.11. The number of carbonyl (C=O) groups is 2. The third-order valence-corrected chi connectivity index (χ3v) is 7.32. The fourth-order valence-electron chi connectivity index (χ4n) is 3.83. The lowest BCUT2D eigenvalue weighted by molar-refractivity contribution is -0.149. The van der Waals surface area contributed by atoms with Crippen molar-refractivity contribution in [3.8, 4) is 6.07 Å². The number of rotatable bonds is 12. The second kappa shape index (κ2) is 13.1. The minimum atomic E-state index is -4.50. The van der Waals surface area contributed by atoms with Gasteiger partial charge in [-0.3, -0.25) is 13.8 Å². The molecular formula is C23H33N6O11P. The number of nitrogens with one attached hydrogen (secondary N) is 1. The van der Waals surface area contributed by atoms with Crippen molar-refractivity contribution in [1.82, 2.24) is 19.7 Å². The third kappa shape index (κ3) is 7.29. The van der Waals surface area contributed by atoms with Crippen LogP contribution in [-0.4, -0.2) is 86.9 Å². The summed E-state index contributed by atoms with van der Waals surface area (Å²) in [6.07, 6.45) is -5.90. The van der Waals surface area contributed by atoms with Crippen molar-refractivity contribution < 1.29 is 52.4 Å². The smallest absolute Gasteiger partial charge is 0.462 e. The molecule has 0 aliphatic carbocycles. The highest BCUT2D eigenvalue weighted by molar-refractivity contribution is 7.51. The largest absolute Gasteiger partial charge is 0.510 e. The number of nitrogens with zero attached hydrogens (tertiary/aromatic N) is 4. The van der Waals surface area contributed by atoms with Crippen molar-refractivity contribution in [2.45, 2.75) is 76.8 Å². The summed E-state index contributed by atoms with van der Waals surface area (Å²) < 4.78 is 45.7. The van der Waals surface area contributed by atoms with E-state index in [4.69, 9.17) is 33.7 Å². The van der Waals surface area contributed by atoms with Gasteiger partial charge in [-0.05, 0) is 46.8 Å². The van der Waals surface area contributed by atoms with Gasteiger partial charge in [0.25, 0.3) is 0 Å². The predicted molar refractivity (Wildman–Crippen MR) is 138 cm³/mol. The first-order valence-electron chi connectivity index (χ1n) is 12.5. The summed E-state index contributed by atoms with van der Waals surface area (Å²) in [5.41, 5.74) is 4.08. The average Bonchev–Trinajstić information content (AvgIpc) is 3.43. The summed E-state index contributed by atoms with van der Waals surface area (Å²) in [7, 11) is -4.50. The number of aromatic nitrogens is 3. The molecule has 3 rings (SSSR count). The van der Waals surface area contributed by atoms with Crippen LogP contribution in [0.1, 0.15) is 40.3 Å². The number of aliphatic hydroxyl groups excluding tert-OH is 2. The first-order chi connectivity index (χ1) is 19.2. The van der Waals surface area contributed by atoms with E-state index in [2.05, 4.69) is 15.2 Å². The molecule has 0 spiro atoms. The molecule has 1 aliphatic heterocycles. The Morgan fingerprint density at radius 1 is 1.22 bits per heavy atom. The van der Waals surface area contributed by atoms with Crippen LogP contribution < -0.4 is 10.8 Å². The van der Waals surface area contributed by atoms with Crippen LogP contribution in [0.5, 0.6) is 0 Å². The second-order valence-corrected chi connectivity index (χ2v) is 11.3. The van der Waals surface area contributed by atoms with Crippen LogP contribution >= 0.6 is 7.75 Å². The topological polar surface area (TPSA) is 239 Å². The molecule has 0 saturated carbocycles. The van der Waals surface area contributed by atoms with Crippen molar-refractivity contribution in [3.05, 3.63) is 24.2 Å². The molecule has 1 aliphatic rings. The number of ether oxygens (including phenoxy) is 4. The molecule has 0 radical (unpaired) electrons. The van der Waals surface area contributed by atoms with E-state index in [1.165, 1.54) is 23.6 Å². The van der Waals surface area contributed by atoms with Gasteiger partial charge in [0.2, 0.25) is 12.4 Å². The van der Waals surface area contributed by atoms with Gasteiger partial charge in [0, 0.05) is 0 Å². The quantitative estimate of drug-likeness (QED) is 0.149. The summed E-state index contributed by atoms with van der Waals surface area (Å²) >= 11 is 0. The first-order valence-corrected chi connectivity index (χ1v) is 14.0. The van der Waals surface area contributed by atoms with Gasteiger partial charge < -0.3 is 34.9 Å². The minimum absolute atomic E-state index is 0.0397. The van der Waals surface area contributed by atoms with E-state index in [0.717, 1.165) is 6.33 Å². The van der Waals surface area contributed by atoms with Crippen LogP contribution in [0.2, 0.25) is 0 Å². The van der Waals surface area contributed by atoms with Crippen molar-refractivity contribution >= 4 is 31.2 Å². The lowest BCUT2D eigenvalue weighted by atomic mass is 9.92. The molecule has 2 aromatic rings. The highest BCUT2D eigenvalue weighted by Gasteiger charge is 2.58. The molecule has 0 aromatic carbocycles. The van der Waals surface area contributed by atoms with Gasteiger partial charge >= 0.3 is 19.9 Å². The van der Waals surface area contributed by atoms with E-state index in [-0.39, 0.29) is 11.5 Å².